The Kier molecular flexibility index (Phi) is 5.21. The molecule has 0 aliphatic heterocycles. The molecule has 0 heterocycles. The molecule has 6 heteroatoms. The molecule has 0 aliphatic carbocycles. The molecule has 0 radical (unpaired) electrons. The van der Waals surface area contributed by atoms with Crippen LogP contribution in [0.1, 0.15) is 19.4 Å². The largest absolute Gasteiger partial charge is 0.393 e. The number of carbonyl (C=O) groups is 2. The van der Waals surface area contributed by atoms with Crippen molar-refractivity contribution < 1.29 is 9.59 Å². The summed E-state index contributed by atoms with van der Waals surface area (Å²) in [7, 11) is 0. The van der Waals surface area contributed by atoms with Gasteiger partial charge in [0.2, 0.25) is 11.8 Å². The molecule has 0 spiro atoms. The summed E-state index contributed by atoms with van der Waals surface area (Å²) in [6.45, 7) is 3.07. The van der Waals surface area contributed by atoms with Gasteiger partial charge in [-0.2, -0.15) is 0 Å². The van der Waals surface area contributed by atoms with Crippen LogP contribution in [-0.2, 0) is 16.0 Å². The van der Waals surface area contributed by atoms with Gasteiger partial charge in [0.25, 0.3) is 0 Å². The number of carbonyl (C=O) groups excluding carboxylic acids is 2. The predicted octanol–water partition coefficient (Wildman–Crippen LogP) is 0.512. The highest BCUT2D eigenvalue weighted by molar-refractivity contribution is 7.80. The first kappa shape index (κ1) is 16.1. The SMILES string of the molecule is CC(C)(NC(=O)C(Cc1ccccc1)C(N)=S)C(N)=O. The topological polar surface area (TPSA) is 98.2 Å². The highest BCUT2D eigenvalue weighted by Gasteiger charge is 2.31. The van der Waals surface area contributed by atoms with E-state index in [1.54, 1.807) is 0 Å². The Hall–Kier alpha value is -1.95. The van der Waals surface area contributed by atoms with Gasteiger partial charge in [-0.25, -0.2) is 0 Å². The summed E-state index contributed by atoms with van der Waals surface area (Å²) < 4.78 is 0. The zero-order chi connectivity index (χ0) is 15.3. The van der Waals surface area contributed by atoms with Crippen LogP contribution in [0.3, 0.4) is 0 Å². The van der Waals surface area contributed by atoms with Crippen LogP contribution in [0.5, 0.6) is 0 Å². The summed E-state index contributed by atoms with van der Waals surface area (Å²) in [6.07, 6.45) is 0.386. The van der Waals surface area contributed by atoms with Crippen LogP contribution in [0.4, 0.5) is 0 Å². The number of primary amides is 1. The third-order valence-corrected chi connectivity index (χ3v) is 3.28. The molecule has 2 amide bonds. The fourth-order valence-electron chi connectivity index (χ4n) is 1.63. The number of hydrogen-bond acceptors (Lipinski definition) is 3. The number of nitrogens with one attached hydrogen (secondary N) is 1. The van der Waals surface area contributed by atoms with E-state index in [0.717, 1.165) is 5.56 Å². The first-order chi connectivity index (χ1) is 9.24. The van der Waals surface area contributed by atoms with Gasteiger partial charge < -0.3 is 16.8 Å². The normalized spacial score (nSPS) is 12.5. The molecule has 1 rings (SSSR count). The molecule has 5 nitrogen and oxygen atoms in total. The molecule has 0 saturated carbocycles. The van der Waals surface area contributed by atoms with E-state index in [1.165, 1.54) is 13.8 Å². The van der Waals surface area contributed by atoms with Crippen molar-refractivity contribution in [3.63, 3.8) is 0 Å². The van der Waals surface area contributed by atoms with Crippen LogP contribution < -0.4 is 16.8 Å². The third kappa shape index (κ3) is 4.31. The summed E-state index contributed by atoms with van der Waals surface area (Å²) in [5.74, 6) is -1.69. The van der Waals surface area contributed by atoms with Crippen LogP contribution in [0, 0.1) is 5.92 Å². The van der Waals surface area contributed by atoms with Crippen molar-refractivity contribution in [3.05, 3.63) is 35.9 Å². The van der Waals surface area contributed by atoms with Crippen LogP contribution in [-0.4, -0.2) is 22.3 Å². The highest BCUT2D eigenvalue weighted by Crippen LogP contribution is 2.12. The van der Waals surface area contributed by atoms with E-state index in [0.29, 0.717) is 6.42 Å². The Morgan fingerprint density at radius 1 is 1.25 bits per heavy atom. The van der Waals surface area contributed by atoms with E-state index >= 15 is 0 Å². The molecule has 108 valence electrons. The molecule has 1 aromatic rings. The zero-order valence-corrected chi connectivity index (χ0v) is 12.4. The van der Waals surface area contributed by atoms with E-state index in [2.05, 4.69) is 5.32 Å². The molecule has 20 heavy (non-hydrogen) atoms. The second-order valence-corrected chi connectivity index (χ2v) is 5.59. The number of benzene rings is 1. The minimum Gasteiger partial charge on any atom is -0.393 e. The summed E-state index contributed by atoms with van der Waals surface area (Å²) in [5.41, 5.74) is 10.7. The van der Waals surface area contributed by atoms with E-state index in [9.17, 15) is 9.59 Å². The van der Waals surface area contributed by atoms with Gasteiger partial charge in [-0.15, -0.1) is 0 Å². The average Bonchev–Trinajstić information content (AvgIpc) is 2.36. The maximum absolute atomic E-state index is 12.2. The van der Waals surface area contributed by atoms with Crippen molar-refractivity contribution in [3.8, 4) is 0 Å². The molecule has 5 N–H and O–H groups in total. The lowest BCUT2D eigenvalue weighted by molar-refractivity contribution is -0.131. The highest BCUT2D eigenvalue weighted by atomic mass is 32.1. The second-order valence-electron chi connectivity index (χ2n) is 5.12. The van der Waals surface area contributed by atoms with E-state index in [4.69, 9.17) is 23.7 Å². The quantitative estimate of drug-likeness (QED) is 0.666. The molecule has 1 unspecified atom stereocenters. The van der Waals surface area contributed by atoms with Gasteiger partial charge in [0.15, 0.2) is 0 Å². The fraction of sp³-hybridized carbons (Fsp3) is 0.357. The van der Waals surface area contributed by atoms with E-state index in [-0.39, 0.29) is 4.99 Å². The molecule has 1 aromatic carbocycles. The number of amides is 2. The minimum atomic E-state index is -1.14. The number of thiocarbonyl (C=S) groups is 1. The molecular formula is C14H19N3O2S. The summed E-state index contributed by atoms with van der Waals surface area (Å²) in [5, 5.41) is 2.58. The Morgan fingerprint density at radius 2 is 1.80 bits per heavy atom. The van der Waals surface area contributed by atoms with Gasteiger partial charge in [-0.05, 0) is 25.8 Å². The minimum absolute atomic E-state index is 0.0895. The van der Waals surface area contributed by atoms with Crippen LogP contribution in [0.25, 0.3) is 0 Å². The standard InChI is InChI=1S/C14H19N3O2S/c1-14(2,13(16)19)17-12(18)10(11(15)20)8-9-6-4-3-5-7-9/h3-7,10H,8H2,1-2H3,(H2,15,20)(H2,16,19)(H,17,18). The van der Waals surface area contributed by atoms with Crippen molar-refractivity contribution in [2.24, 2.45) is 17.4 Å². The van der Waals surface area contributed by atoms with Gasteiger partial charge in [0, 0.05) is 0 Å². The van der Waals surface area contributed by atoms with Gasteiger partial charge in [0.1, 0.15) is 5.54 Å². The Balaban J connectivity index is 2.84. The van der Waals surface area contributed by atoms with Gasteiger partial charge in [-0.1, -0.05) is 42.5 Å². The van der Waals surface area contributed by atoms with Crippen LogP contribution in [0.2, 0.25) is 0 Å². The molecule has 1 atom stereocenters. The number of hydrogen-bond donors (Lipinski definition) is 3. The number of nitrogens with two attached hydrogens (primary N) is 2. The van der Waals surface area contributed by atoms with E-state index < -0.39 is 23.3 Å². The molecule has 0 aromatic heterocycles. The summed E-state index contributed by atoms with van der Waals surface area (Å²) >= 11 is 4.95. The second kappa shape index (κ2) is 6.47. The maximum Gasteiger partial charge on any atom is 0.242 e. The van der Waals surface area contributed by atoms with Crippen LogP contribution >= 0.6 is 12.2 Å². The van der Waals surface area contributed by atoms with Crippen molar-refractivity contribution >= 4 is 29.0 Å². The van der Waals surface area contributed by atoms with Crippen molar-refractivity contribution in [2.75, 3.05) is 0 Å². The lowest BCUT2D eigenvalue weighted by atomic mass is 9.96. The summed E-state index contributed by atoms with van der Waals surface area (Å²) in [6, 6.07) is 9.40. The molecule has 0 bridgehead atoms. The third-order valence-electron chi connectivity index (χ3n) is 2.99. The van der Waals surface area contributed by atoms with Crippen LogP contribution in [0.15, 0.2) is 30.3 Å². The predicted molar refractivity (Wildman–Crippen MR) is 81.8 cm³/mol. The lowest BCUT2D eigenvalue weighted by Gasteiger charge is -2.25. The Labute approximate surface area is 123 Å². The Morgan fingerprint density at radius 3 is 2.25 bits per heavy atom. The van der Waals surface area contributed by atoms with E-state index in [1.807, 2.05) is 30.3 Å². The Bertz CT molecular complexity index is 514. The van der Waals surface area contributed by atoms with Crippen molar-refractivity contribution in [1.29, 1.82) is 0 Å². The van der Waals surface area contributed by atoms with Crippen molar-refractivity contribution in [1.82, 2.24) is 5.32 Å². The lowest BCUT2D eigenvalue weighted by Crippen LogP contribution is -2.55. The molecule has 0 fully saturated rings. The first-order valence-corrected chi connectivity index (χ1v) is 6.60. The first-order valence-electron chi connectivity index (χ1n) is 6.19. The molecule has 0 saturated heterocycles. The van der Waals surface area contributed by atoms with Crippen molar-refractivity contribution in [2.45, 2.75) is 25.8 Å². The monoisotopic (exact) mass is 293 g/mol. The van der Waals surface area contributed by atoms with Gasteiger partial charge in [0.05, 0.1) is 10.9 Å². The zero-order valence-electron chi connectivity index (χ0n) is 11.6. The maximum atomic E-state index is 12.2. The van der Waals surface area contributed by atoms with Gasteiger partial charge >= 0.3 is 0 Å². The molecular weight excluding hydrogens is 274 g/mol. The smallest absolute Gasteiger partial charge is 0.242 e. The number of rotatable bonds is 6. The van der Waals surface area contributed by atoms with Gasteiger partial charge in [-0.3, -0.25) is 9.59 Å². The summed E-state index contributed by atoms with van der Waals surface area (Å²) in [4.78, 5) is 23.6. The average molecular weight is 293 g/mol. The fourth-order valence-corrected chi connectivity index (χ4v) is 1.82. The molecule has 0 aliphatic rings.